The fourth-order valence-corrected chi connectivity index (χ4v) is 1.83. The average Bonchev–Trinajstić information content (AvgIpc) is 2.42. The Morgan fingerprint density at radius 1 is 1.29 bits per heavy atom. The van der Waals surface area contributed by atoms with E-state index in [1.54, 1.807) is 0 Å². The third-order valence-electron chi connectivity index (χ3n) is 2.70. The molecule has 2 N–H and O–H groups in total. The van der Waals surface area contributed by atoms with Gasteiger partial charge >= 0.3 is 0 Å². The number of hydrogen-bond acceptors (Lipinski definition) is 2. The minimum Gasteiger partial charge on any atom is -0.388 e. The Morgan fingerprint density at radius 2 is 2.06 bits per heavy atom. The Hall–Kier alpha value is -1.41. The fraction of sp³-hybridized carbons (Fsp3) is 0.400. The van der Waals surface area contributed by atoms with Crippen molar-refractivity contribution in [3.8, 4) is 0 Å². The molecular formula is C15H21NO. The zero-order valence-electron chi connectivity index (χ0n) is 10.6. The predicted octanol–water partition coefficient (Wildman–Crippen LogP) is 3.56. The van der Waals surface area contributed by atoms with E-state index < -0.39 is 6.10 Å². The third kappa shape index (κ3) is 3.53. The highest BCUT2D eigenvalue weighted by atomic mass is 16.3. The Kier molecular flexibility index (Phi) is 5.64. The van der Waals surface area contributed by atoms with Gasteiger partial charge in [0.2, 0.25) is 0 Å². The molecule has 0 radical (unpaired) electrons. The number of allylic oxidation sites excluding steroid dienone is 6. The summed E-state index contributed by atoms with van der Waals surface area (Å²) in [5, 5.41) is 17.8. The molecule has 2 heteroatoms. The van der Waals surface area contributed by atoms with Crippen LogP contribution in [-0.4, -0.2) is 16.9 Å². The molecule has 92 valence electrons. The second-order valence-electron chi connectivity index (χ2n) is 3.82. The van der Waals surface area contributed by atoms with Crippen molar-refractivity contribution in [1.82, 2.24) is 0 Å². The van der Waals surface area contributed by atoms with E-state index in [1.807, 2.05) is 38.2 Å². The van der Waals surface area contributed by atoms with Gasteiger partial charge in [-0.2, -0.15) is 0 Å². The van der Waals surface area contributed by atoms with E-state index >= 15 is 0 Å². The van der Waals surface area contributed by atoms with Crippen molar-refractivity contribution < 1.29 is 5.11 Å². The highest BCUT2D eigenvalue weighted by Crippen LogP contribution is 2.20. The number of hydrogen-bond donors (Lipinski definition) is 2. The zero-order valence-corrected chi connectivity index (χ0v) is 10.6. The lowest BCUT2D eigenvalue weighted by Gasteiger charge is -2.18. The second-order valence-corrected chi connectivity index (χ2v) is 3.82. The molecule has 2 nitrogen and oxygen atoms in total. The lowest BCUT2D eigenvalue weighted by molar-refractivity contribution is 0.219. The third-order valence-corrected chi connectivity index (χ3v) is 2.70. The molecule has 17 heavy (non-hydrogen) atoms. The Bertz CT molecular complexity index is 386. The summed E-state index contributed by atoms with van der Waals surface area (Å²) in [4.78, 5) is 0. The molecule has 0 saturated heterocycles. The maximum atomic E-state index is 9.76. The number of aliphatic hydroxyl groups is 1. The van der Waals surface area contributed by atoms with Crippen LogP contribution in [0.4, 0.5) is 0 Å². The van der Waals surface area contributed by atoms with Crippen LogP contribution in [0.5, 0.6) is 0 Å². The Balaban J connectivity index is 0.000000686. The van der Waals surface area contributed by atoms with Crippen molar-refractivity contribution in [1.29, 1.82) is 5.41 Å². The van der Waals surface area contributed by atoms with Gasteiger partial charge in [0.1, 0.15) is 0 Å². The minimum atomic E-state index is -0.515. The van der Waals surface area contributed by atoms with Crippen LogP contribution in [0.15, 0.2) is 47.6 Å². The van der Waals surface area contributed by atoms with Gasteiger partial charge in [0, 0.05) is 5.57 Å². The van der Waals surface area contributed by atoms with Gasteiger partial charge in [0.15, 0.2) is 0 Å². The molecule has 0 aromatic rings. The topological polar surface area (TPSA) is 44.1 Å². The number of rotatable bonds is 2. The molecule has 0 aromatic heterocycles. The Labute approximate surface area is 104 Å². The van der Waals surface area contributed by atoms with E-state index in [1.165, 1.54) is 0 Å². The van der Waals surface area contributed by atoms with E-state index in [0.29, 0.717) is 12.1 Å². The first-order valence-electron chi connectivity index (χ1n) is 6.30. The quantitative estimate of drug-likeness (QED) is 0.701. The van der Waals surface area contributed by atoms with Crippen molar-refractivity contribution in [2.75, 3.05) is 0 Å². The maximum absolute atomic E-state index is 9.76. The van der Waals surface area contributed by atoms with Gasteiger partial charge in [-0.3, -0.25) is 5.41 Å². The molecule has 2 aliphatic rings. The van der Waals surface area contributed by atoms with Crippen molar-refractivity contribution in [3.63, 3.8) is 0 Å². The molecule has 1 unspecified atom stereocenters. The van der Waals surface area contributed by atoms with Crippen molar-refractivity contribution in [3.05, 3.63) is 47.6 Å². The molecule has 2 rings (SSSR count). The summed E-state index contributed by atoms with van der Waals surface area (Å²) in [7, 11) is 0. The maximum Gasteiger partial charge on any atom is 0.0845 e. The number of aliphatic hydroxyl groups excluding tert-OH is 1. The number of nitrogens with one attached hydrogen (secondary N) is 1. The lowest BCUT2D eigenvalue weighted by Crippen LogP contribution is -2.19. The van der Waals surface area contributed by atoms with Crippen molar-refractivity contribution >= 4 is 5.71 Å². The largest absolute Gasteiger partial charge is 0.388 e. The van der Waals surface area contributed by atoms with Crippen molar-refractivity contribution in [2.24, 2.45) is 0 Å². The average molecular weight is 231 g/mol. The Morgan fingerprint density at radius 3 is 2.65 bits per heavy atom. The van der Waals surface area contributed by atoms with Crippen LogP contribution >= 0.6 is 0 Å². The minimum absolute atomic E-state index is 0.461. The molecule has 0 spiro atoms. The molecule has 1 atom stereocenters. The first kappa shape index (κ1) is 13.7. The standard InChI is InChI=1S/C13H15NO.C2H6/c14-13(10-6-2-1-3-7-10)11-8-4-5-9-12(11)15;1-2/h2,4-8,12,14-15H,1,3,9H2;1-2H3. The van der Waals surface area contributed by atoms with Gasteiger partial charge in [-0.05, 0) is 24.8 Å². The van der Waals surface area contributed by atoms with Gasteiger partial charge in [-0.25, -0.2) is 0 Å². The molecule has 0 saturated carbocycles. The highest BCUT2D eigenvalue weighted by Gasteiger charge is 2.18. The van der Waals surface area contributed by atoms with E-state index in [2.05, 4.69) is 12.2 Å². The summed E-state index contributed by atoms with van der Waals surface area (Å²) in [5.41, 5.74) is 2.12. The molecule has 0 heterocycles. The molecule has 0 amide bonds. The molecule has 0 bridgehead atoms. The van der Waals surface area contributed by atoms with E-state index in [9.17, 15) is 5.11 Å². The summed E-state index contributed by atoms with van der Waals surface area (Å²) in [6, 6.07) is 0. The van der Waals surface area contributed by atoms with E-state index in [4.69, 9.17) is 5.41 Å². The smallest absolute Gasteiger partial charge is 0.0845 e. The normalized spacial score (nSPS) is 22.2. The summed E-state index contributed by atoms with van der Waals surface area (Å²) >= 11 is 0. The van der Waals surface area contributed by atoms with Gasteiger partial charge in [0.05, 0.1) is 11.8 Å². The second kappa shape index (κ2) is 7.02. The molecule has 0 fully saturated rings. The molecule has 2 aliphatic carbocycles. The molecule has 0 aromatic carbocycles. The van der Waals surface area contributed by atoms with E-state index in [-0.39, 0.29) is 0 Å². The SMILES string of the molecule is CC.N=C(C1=CCCC=C1)C1=CC=CCC1O. The first-order chi connectivity index (χ1) is 8.29. The van der Waals surface area contributed by atoms with Crippen LogP contribution in [0.25, 0.3) is 0 Å². The van der Waals surface area contributed by atoms with Crippen LogP contribution < -0.4 is 0 Å². The van der Waals surface area contributed by atoms with Crippen LogP contribution in [0.2, 0.25) is 0 Å². The highest BCUT2D eigenvalue weighted by molar-refractivity contribution is 6.13. The van der Waals surface area contributed by atoms with Crippen LogP contribution in [-0.2, 0) is 0 Å². The van der Waals surface area contributed by atoms with Crippen LogP contribution in [0.3, 0.4) is 0 Å². The molecular weight excluding hydrogens is 210 g/mol. The van der Waals surface area contributed by atoms with Crippen LogP contribution in [0, 0.1) is 5.41 Å². The van der Waals surface area contributed by atoms with Crippen LogP contribution in [0.1, 0.15) is 33.1 Å². The van der Waals surface area contributed by atoms with Gasteiger partial charge in [0.25, 0.3) is 0 Å². The van der Waals surface area contributed by atoms with E-state index in [0.717, 1.165) is 24.0 Å². The zero-order chi connectivity index (χ0) is 12.7. The predicted molar refractivity (Wildman–Crippen MR) is 73.4 cm³/mol. The van der Waals surface area contributed by atoms with Gasteiger partial charge in [-0.15, -0.1) is 0 Å². The lowest BCUT2D eigenvalue weighted by atomic mass is 9.91. The summed E-state index contributed by atoms with van der Waals surface area (Å²) in [5.74, 6) is 0. The fourth-order valence-electron chi connectivity index (χ4n) is 1.83. The molecule has 0 aliphatic heterocycles. The monoisotopic (exact) mass is 231 g/mol. The first-order valence-corrected chi connectivity index (χ1v) is 6.30. The van der Waals surface area contributed by atoms with Gasteiger partial charge < -0.3 is 5.11 Å². The summed E-state index contributed by atoms with van der Waals surface area (Å²) in [6.07, 6.45) is 13.9. The summed E-state index contributed by atoms with van der Waals surface area (Å²) in [6.45, 7) is 4.00. The summed E-state index contributed by atoms with van der Waals surface area (Å²) < 4.78 is 0. The van der Waals surface area contributed by atoms with Gasteiger partial charge in [-0.1, -0.05) is 50.3 Å². The van der Waals surface area contributed by atoms with Crippen molar-refractivity contribution in [2.45, 2.75) is 39.2 Å².